The highest BCUT2D eigenvalue weighted by Crippen LogP contribution is 2.37. The molecule has 0 aliphatic carbocycles. The fraction of sp³-hybridized carbons (Fsp3) is 0.538. The van der Waals surface area contributed by atoms with Gasteiger partial charge in [-0.05, 0) is 0 Å². The lowest BCUT2D eigenvalue weighted by Gasteiger charge is -2.35. The number of hydrogen-bond donors (Lipinski definition) is 1. The first-order valence-corrected chi connectivity index (χ1v) is 6.55. The number of alkyl halides is 3. The summed E-state index contributed by atoms with van der Waals surface area (Å²) in [6.07, 6.45) is -6.33. The third-order valence-corrected chi connectivity index (χ3v) is 3.50. The molecule has 0 radical (unpaired) electrons. The van der Waals surface area contributed by atoms with Crippen molar-refractivity contribution in [2.75, 3.05) is 26.2 Å². The average Bonchev–Trinajstić information content (AvgIpc) is 2.44. The fourth-order valence-corrected chi connectivity index (χ4v) is 2.51. The summed E-state index contributed by atoms with van der Waals surface area (Å²) >= 11 is 0. The summed E-state index contributed by atoms with van der Waals surface area (Å²) < 4.78 is 92.4. The number of rotatable bonds is 3. The molecule has 10 heteroatoms. The summed E-state index contributed by atoms with van der Waals surface area (Å²) in [5.41, 5.74) is -1.21. The molecule has 132 valence electrons. The molecule has 1 heterocycles. The van der Waals surface area contributed by atoms with Gasteiger partial charge in [0.05, 0.1) is 6.42 Å². The van der Waals surface area contributed by atoms with Crippen LogP contribution < -0.4 is 5.32 Å². The van der Waals surface area contributed by atoms with Gasteiger partial charge in [-0.3, -0.25) is 4.90 Å². The SMILES string of the molecule is Cl.Fc1cc(F)c(F)c([C@H](CC(F)(F)F)N2CCNCC2)c1F. The maximum absolute atomic E-state index is 13.8. The largest absolute Gasteiger partial charge is 0.390 e. The lowest BCUT2D eigenvalue weighted by atomic mass is 9.99. The van der Waals surface area contributed by atoms with Crippen LogP contribution in [0.2, 0.25) is 0 Å². The minimum Gasteiger partial charge on any atom is -0.314 e. The molecule has 2 nitrogen and oxygen atoms in total. The van der Waals surface area contributed by atoms with E-state index in [9.17, 15) is 30.7 Å². The van der Waals surface area contributed by atoms with E-state index in [4.69, 9.17) is 0 Å². The second-order valence-electron chi connectivity index (χ2n) is 5.00. The minimum absolute atomic E-state index is 0. The van der Waals surface area contributed by atoms with Gasteiger partial charge in [0, 0.05) is 43.9 Å². The Morgan fingerprint density at radius 2 is 1.48 bits per heavy atom. The molecule has 1 atom stereocenters. The molecule has 0 aromatic heterocycles. The van der Waals surface area contributed by atoms with Gasteiger partial charge in [-0.1, -0.05) is 0 Å². The summed E-state index contributed by atoms with van der Waals surface area (Å²) in [5.74, 6) is -6.99. The van der Waals surface area contributed by atoms with Crippen LogP contribution in [0, 0.1) is 23.3 Å². The Labute approximate surface area is 134 Å². The zero-order valence-corrected chi connectivity index (χ0v) is 12.5. The van der Waals surface area contributed by atoms with Crippen molar-refractivity contribution >= 4 is 12.4 Å². The van der Waals surface area contributed by atoms with Gasteiger partial charge < -0.3 is 5.32 Å². The van der Waals surface area contributed by atoms with Crippen molar-refractivity contribution in [1.82, 2.24) is 10.2 Å². The molecule has 1 saturated heterocycles. The van der Waals surface area contributed by atoms with Gasteiger partial charge >= 0.3 is 6.18 Å². The van der Waals surface area contributed by atoms with Crippen molar-refractivity contribution in [3.05, 3.63) is 34.9 Å². The maximum atomic E-state index is 13.8. The molecule has 1 aromatic rings. The van der Waals surface area contributed by atoms with Gasteiger partial charge in [0.1, 0.15) is 0 Å². The number of piperazine rings is 1. The number of halogens is 8. The van der Waals surface area contributed by atoms with E-state index in [-0.39, 0.29) is 31.6 Å². The Balaban J connectivity index is 0.00000264. The normalized spacial score (nSPS) is 17.7. The van der Waals surface area contributed by atoms with E-state index >= 15 is 0 Å². The summed E-state index contributed by atoms with van der Waals surface area (Å²) in [4.78, 5) is 1.17. The molecular formula is C13H14ClF7N2. The molecule has 1 aliphatic heterocycles. The third-order valence-electron chi connectivity index (χ3n) is 3.50. The molecule has 23 heavy (non-hydrogen) atoms. The molecule has 0 saturated carbocycles. The predicted molar refractivity (Wildman–Crippen MR) is 71.4 cm³/mol. The van der Waals surface area contributed by atoms with Gasteiger partial charge in [-0.15, -0.1) is 12.4 Å². The Morgan fingerprint density at radius 1 is 1.00 bits per heavy atom. The van der Waals surface area contributed by atoms with E-state index in [0.29, 0.717) is 13.1 Å². The van der Waals surface area contributed by atoms with Gasteiger partial charge in [0.25, 0.3) is 0 Å². The summed E-state index contributed by atoms with van der Waals surface area (Å²) in [6.45, 7) is 0.792. The van der Waals surface area contributed by atoms with Crippen LogP contribution in [0.25, 0.3) is 0 Å². The third kappa shape index (κ3) is 4.71. The lowest BCUT2D eigenvalue weighted by Crippen LogP contribution is -2.46. The fourth-order valence-electron chi connectivity index (χ4n) is 2.51. The van der Waals surface area contributed by atoms with Crippen LogP contribution in [0.4, 0.5) is 30.7 Å². The molecule has 1 fully saturated rings. The highest BCUT2D eigenvalue weighted by molar-refractivity contribution is 5.85. The van der Waals surface area contributed by atoms with Crippen LogP contribution in [0.3, 0.4) is 0 Å². The average molecular weight is 367 g/mol. The highest BCUT2D eigenvalue weighted by Gasteiger charge is 2.39. The topological polar surface area (TPSA) is 15.3 Å². The number of benzene rings is 1. The van der Waals surface area contributed by atoms with Crippen LogP contribution in [-0.4, -0.2) is 37.3 Å². The zero-order valence-electron chi connectivity index (χ0n) is 11.7. The highest BCUT2D eigenvalue weighted by atomic mass is 35.5. The summed E-state index contributed by atoms with van der Waals surface area (Å²) in [5, 5.41) is 2.88. The number of nitrogens with zero attached hydrogens (tertiary/aromatic N) is 1. The van der Waals surface area contributed by atoms with E-state index in [0.717, 1.165) is 0 Å². The Kier molecular flexibility index (Phi) is 6.67. The smallest absolute Gasteiger partial charge is 0.314 e. The van der Waals surface area contributed by atoms with Gasteiger partial charge in [-0.2, -0.15) is 13.2 Å². The molecule has 2 rings (SSSR count). The molecule has 0 amide bonds. The van der Waals surface area contributed by atoms with Gasteiger partial charge in [0.2, 0.25) is 0 Å². The van der Waals surface area contributed by atoms with Crippen molar-refractivity contribution in [3.63, 3.8) is 0 Å². The van der Waals surface area contributed by atoms with E-state index in [2.05, 4.69) is 5.32 Å². The van der Waals surface area contributed by atoms with E-state index in [1.807, 2.05) is 0 Å². The first kappa shape index (κ1) is 20.0. The van der Waals surface area contributed by atoms with Gasteiger partial charge in [-0.25, -0.2) is 17.6 Å². The van der Waals surface area contributed by atoms with Crippen molar-refractivity contribution in [2.45, 2.75) is 18.6 Å². The van der Waals surface area contributed by atoms with Crippen LogP contribution in [0.5, 0.6) is 0 Å². The Hall–Kier alpha value is -1.06. The van der Waals surface area contributed by atoms with E-state index in [1.54, 1.807) is 0 Å². The standard InChI is InChI=1S/C13H13F7N2.ClH/c14-7-5-8(15)12(17)10(11(7)16)9(6-13(18,19)20)22-3-1-21-2-4-22;/h5,9,21H,1-4,6H2;1H/t9-;/m0./s1. The molecule has 0 unspecified atom stereocenters. The molecule has 0 bridgehead atoms. The van der Waals surface area contributed by atoms with E-state index < -0.39 is 47.5 Å². The van der Waals surface area contributed by atoms with Crippen LogP contribution in [0.15, 0.2) is 6.07 Å². The van der Waals surface area contributed by atoms with Crippen molar-refractivity contribution in [2.24, 2.45) is 0 Å². The monoisotopic (exact) mass is 366 g/mol. The maximum Gasteiger partial charge on any atom is 0.390 e. The van der Waals surface area contributed by atoms with Crippen molar-refractivity contribution in [3.8, 4) is 0 Å². The molecule has 1 aromatic carbocycles. The minimum atomic E-state index is -4.74. The first-order chi connectivity index (χ1) is 10.2. The first-order valence-electron chi connectivity index (χ1n) is 6.55. The molecule has 1 N–H and O–H groups in total. The number of hydrogen-bond acceptors (Lipinski definition) is 2. The Bertz CT molecular complexity index is 518. The van der Waals surface area contributed by atoms with Gasteiger partial charge in [0.15, 0.2) is 23.3 Å². The van der Waals surface area contributed by atoms with Crippen LogP contribution in [0.1, 0.15) is 18.0 Å². The quantitative estimate of drug-likeness (QED) is 0.650. The summed E-state index contributed by atoms with van der Waals surface area (Å²) in [7, 11) is 0. The zero-order chi connectivity index (χ0) is 16.5. The number of nitrogens with one attached hydrogen (secondary N) is 1. The molecule has 1 aliphatic rings. The Morgan fingerprint density at radius 3 is 1.91 bits per heavy atom. The molecule has 0 spiro atoms. The summed E-state index contributed by atoms with van der Waals surface area (Å²) in [6, 6.07) is -1.83. The van der Waals surface area contributed by atoms with Crippen LogP contribution in [-0.2, 0) is 0 Å². The molecular weight excluding hydrogens is 353 g/mol. The van der Waals surface area contributed by atoms with Crippen molar-refractivity contribution in [1.29, 1.82) is 0 Å². The lowest BCUT2D eigenvalue weighted by molar-refractivity contribution is -0.149. The van der Waals surface area contributed by atoms with E-state index in [1.165, 1.54) is 4.90 Å². The second kappa shape index (κ2) is 7.67. The predicted octanol–water partition coefficient (Wildman–Crippen LogP) is 3.56. The second-order valence-corrected chi connectivity index (χ2v) is 5.00. The van der Waals surface area contributed by atoms with Crippen molar-refractivity contribution < 1.29 is 30.7 Å². The van der Waals surface area contributed by atoms with Crippen LogP contribution >= 0.6 is 12.4 Å².